The molecule has 3 heteroatoms. The van der Waals surface area contributed by atoms with Gasteiger partial charge in [-0.05, 0) is 0 Å². The van der Waals surface area contributed by atoms with Crippen molar-refractivity contribution in [1.29, 1.82) is 0 Å². The normalized spacial score (nSPS) is 17.1. The van der Waals surface area contributed by atoms with Crippen molar-refractivity contribution in [2.24, 2.45) is 0 Å². The zero-order valence-corrected chi connectivity index (χ0v) is 14.8. The molecule has 0 aromatic rings. The average Bonchev–Trinajstić information content (AvgIpc) is 2.73. The summed E-state index contributed by atoms with van der Waals surface area (Å²) >= 11 is -1.76. The van der Waals surface area contributed by atoms with Gasteiger partial charge in [0.15, 0.2) is 0 Å². The zero-order valence-electron chi connectivity index (χ0n) is 9.69. The van der Waals surface area contributed by atoms with Gasteiger partial charge < -0.3 is 24.8 Å². The van der Waals surface area contributed by atoms with Crippen molar-refractivity contribution in [3.63, 3.8) is 0 Å². The van der Waals surface area contributed by atoms with Crippen molar-refractivity contribution in [1.82, 2.24) is 0 Å². The second kappa shape index (κ2) is 6.88. The molecule has 2 rings (SSSR count). The van der Waals surface area contributed by atoms with Crippen molar-refractivity contribution in [3.8, 4) is 0 Å². The van der Waals surface area contributed by atoms with E-state index in [9.17, 15) is 0 Å². The fraction of sp³-hybridized carbons (Fsp3) is 0.308. The summed E-state index contributed by atoms with van der Waals surface area (Å²) in [7, 11) is 0. The minimum atomic E-state index is -1.76. The fourth-order valence-electron chi connectivity index (χ4n) is 1.95. The predicted octanol–water partition coefficient (Wildman–Crippen LogP) is -2.49. The Morgan fingerprint density at radius 2 is 1.31 bits per heavy atom. The van der Waals surface area contributed by atoms with Crippen LogP contribution in [0.3, 0.4) is 0 Å². The molecule has 0 aromatic heterocycles. The van der Waals surface area contributed by atoms with E-state index in [2.05, 4.69) is 42.4 Å². The van der Waals surface area contributed by atoms with Crippen molar-refractivity contribution in [3.05, 3.63) is 42.1 Å². The Hall–Kier alpha value is 0.280. The van der Waals surface area contributed by atoms with Crippen LogP contribution in [0, 0.1) is 0 Å². The van der Waals surface area contributed by atoms with Crippen LogP contribution in [0.15, 0.2) is 42.1 Å². The van der Waals surface area contributed by atoms with E-state index in [1.807, 2.05) is 0 Å². The second-order valence-corrected chi connectivity index (χ2v) is 12.2. The molecule has 2 aliphatic carbocycles. The van der Waals surface area contributed by atoms with Crippen LogP contribution in [-0.4, -0.2) is 4.26 Å². The predicted molar refractivity (Wildman–Crippen MR) is 60.0 cm³/mol. The van der Waals surface area contributed by atoms with Gasteiger partial charge in [0.05, 0.1) is 0 Å². The number of hydrogen-bond donors (Lipinski definition) is 0. The molecule has 0 heterocycles. The molecule has 0 radical (unpaired) electrons. The van der Waals surface area contributed by atoms with Gasteiger partial charge in [0.25, 0.3) is 0 Å². The third-order valence-corrected chi connectivity index (χ3v) is 10.9. The summed E-state index contributed by atoms with van der Waals surface area (Å²) in [6.07, 6.45) is 11.8. The molecule has 0 amide bonds. The van der Waals surface area contributed by atoms with E-state index >= 15 is 0 Å². The van der Waals surface area contributed by atoms with Gasteiger partial charge >= 0.3 is 94.0 Å². The van der Waals surface area contributed by atoms with Crippen molar-refractivity contribution in [2.75, 3.05) is 0 Å². The smallest absolute Gasteiger partial charge is 1.00 e. The van der Waals surface area contributed by atoms with Gasteiger partial charge in [0, 0.05) is 0 Å². The zero-order chi connectivity index (χ0) is 10.1. The molecule has 0 spiro atoms. The van der Waals surface area contributed by atoms with Crippen LogP contribution in [0.25, 0.3) is 0 Å². The van der Waals surface area contributed by atoms with E-state index in [4.69, 9.17) is 0 Å². The van der Waals surface area contributed by atoms with Gasteiger partial charge in [-0.2, -0.15) is 0 Å². The van der Waals surface area contributed by atoms with Crippen LogP contribution in [0.2, 0.25) is 0 Å². The number of rotatable bonds is 2. The Balaban J connectivity index is 0.00000112. The SMILES string of the molecule is [CH2]=[Hf+2]([C]1=CC(C)=CC1)[C]1=CC(C)=CC1.[Cl-].[Cl-]. The minimum Gasteiger partial charge on any atom is -1.00 e. The third-order valence-electron chi connectivity index (χ3n) is 2.87. The quantitative estimate of drug-likeness (QED) is 0.433. The molecular weight excluding hydrogens is 406 g/mol. The van der Waals surface area contributed by atoms with Gasteiger partial charge in [-0.1, -0.05) is 0 Å². The van der Waals surface area contributed by atoms with Crippen LogP contribution in [0.1, 0.15) is 26.7 Å². The first kappa shape index (κ1) is 16.3. The molecule has 0 N–H and O–H groups in total. The Bertz CT molecular complexity index is 374. The van der Waals surface area contributed by atoms with E-state index < -0.39 is 21.0 Å². The Kier molecular flexibility index (Phi) is 7.00. The van der Waals surface area contributed by atoms with Crippen LogP contribution >= 0.6 is 0 Å². The van der Waals surface area contributed by atoms with Crippen LogP contribution in [0.5, 0.6) is 0 Å². The van der Waals surface area contributed by atoms with Gasteiger partial charge in [-0.3, -0.25) is 0 Å². The summed E-state index contributed by atoms with van der Waals surface area (Å²) in [5, 5.41) is 0. The average molecular weight is 422 g/mol. The maximum absolute atomic E-state index is 4.48. The van der Waals surface area contributed by atoms with Crippen LogP contribution < -0.4 is 24.8 Å². The molecule has 0 aliphatic heterocycles. The van der Waals surface area contributed by atoms with E-state index in [0.29, 0.717) is 0 Å². The molecule has 0 aromatic carbocycles. The maximum atomic E-state index is 4.48. The van der Waals surface area contributed by atoms with Crippen molar-refractivity contribution < 1.29 is 45.8 Å². The number of halogens is 2. The fourth-order valence-corrected chi connectivity index (χ4v) is 8.83. The van der Waals surface area contributed by atoms with Gasteiger partial charge in [-0.25, -0.2) is 0 Å². The molecule has 0 saturated heterocycles. The molecule has 86 valence electrons. The Morgan fingerprint density at radius 1 is 0.938 bits per heavy atom. The molecule has 0 nitrogen and oxygen atoms in total. The number of allylic oxidation sites excluding steroid dienone is 8. The van der Waals surface area contributed by atoms with Gasteiger partial charge in [0.2, 0.25) is 0 Å². The molecule has 16 heavy (non-hydrogen) atoms. The molecule has 2 aliphatic rings. The largest absolute Gasteiger partial charge is 1.00 e. The molecule has 0 atom stereocenters. The van der Waals surface area contributed by atoms with E-state index in [1.54, 1.807) is 6.66 Å². The summed E-state index contributed by atoms with van der Waals surface area (Å²) in [6.45, 7) is 4.39. The standard InChI is InChI=1S/2C6H7.CH2.2ClH.Hf/c2*1-6-4-2-3-5-6;;;;/h2*4-5H,2H2,1H3;1H2;2*1H;/q;;;;;+2/p-2. The molecule has 0 unspecified atom stereocenters. The maximum Gasteiger partial charge on any atom is -1.00 e. The van der Waals surface area contributed by atoms with Crippen molar-refractivity contribution in [2.45, 2.75) is 26.7 Å². The molecule has 0 fully saturated rings. The summed E-state index contributed by atoms with van der Waals surface area (Å²) in [5.74, 6) is 0. The molecule has 0 saturated carbocycles. The summed E-state index contributed by atoms with van der Waals surface area (Å²) in [6, 6.07) is 0. The molecule has 0 bridgehead atoms. The number of hydrogen-bond acceptors (Lipinski definition) is 0. The first-order valence-corrected chi connectivity index (χ1v) is 11.2. The Labute approximate surface area is 118 Å². The summed E-state index contributed by atoms with van der Waals surface area (Å²) < 4.78 is 7.85. The first-order valence-electron chi connectivity index (χ1n) is 5.11. The van der Waals surface area contributed by atoms with Gasteiger partial charge in [0.1, 0.15) is 0 Å². The monoisotopic (exact) mass is 422 g/mol. The van der Waals surface area contributed by atoms with E-state index in [1.165, 1.54) is 24.0 Å². The van der Waals surface area contributed by atoms with E-state index in [-0.39, 0.29) is 24.8 Å². The summed E-state index contributed by atoms with van der Waals surface area (Å²) in [5.41, 5.74) is 2.88. The second-order valence-electron chi connectivity index (χ2n) is 4.12. The van der Waals surface area contributed by atoms with Gasteiger partial charge in [-0.15, -0.1) is 0 Å². The topological polar surface area (TPSA) is 0 Å². The first-order chi connectivity index (χ1) is 6.66. The van der Waals surface area contributed by atoms with E-state index in [0.717, 1.165) is 0 Å². The van der Waals surface area contributed by atoms with Crippen LogP contribution in [0.4, 0.5) is 0 Å². The minimum absolute atomic E-state index is 0. The van der Waals surface area contributed by atoms with Crippen molar-refractivity contribution >= 4 is 4.26 Å². The summed E-state index contributed by atoms with van der Waals surface area (Å²) in [4.78, 5) is 0. The third kappa shape index (κ3) is 3.65. The van der Waals surface area contributed by atoms with Crippen LogP contribution in [-0.2, 0) is 21.0 Å². The molecular formula is C13H16Cl2Hf. The Morgan fingerprint density at radius 3 is 1.56 bits per heavy atom.